The monoisotopic (exact) mass is 498 g/mol. The van der Waals surface area contributed by atoms with Gasteiger partial charge in [-0.05, 0) is 55.6 Å². The molecule has 2 unspecified atom stereocenters. The number of carboxylic acids is 1. The summed E-state index contributed by atoms with van der Waals surface area (Å²) >= 11 is 0.969. The number of methoxy groups -OCH3 is 1. The SMILES string of the molecule is COc1ccc2ncc(F)c(C(=O)CCC3CCN(CC#Cc4ccc(F)s4)CC3C(=O)O)c2c1. The van der Waals surface area contributed by atoms with Crippen LogP contribution in [-0.4, -0.2) is 53.5 Å². The number of pyridine rings is 1. The highest BCUT2D eigenvalue weighted by molar-refractivity contribution is 7.10. The molecule has 2 aromatic heterocycles. The molecule has 182 valence electrons. The lowest BCUT2D eigenvalue weighted by Crippen LogP contribution is -2.44. The number of hydrogen-bond donors (Lipinski definition) is 1. The van der Waals surface area contributed by atoms with Crippen LogP contribution < -0.4 is 4.74 Å². The summed E-state index contributed by atoms with van der Waals surface area (Å²) in [7, 11) is 1.49. The highest BCUT2D eigenvalue weighted by Crippen LogP contribution is 2.31. The summed E-state index contributed by atoms with van der Waals surface area (Å²) < 4.78 is 32.9. The van der Waals surface area contributed by atoms with Crippen LogP contribution >= 0.6 is 11.3 Å². The number of carbonyl (C=O) groups excluding carboxylic acids is 1. The summed E-state index contributed by atoms with van der Waals surface area (Å²) in [6.07, 6.45) is 2.00. The summed E-state index contributed by atoms with van der Waals surface area (Å²) in [4.78, 5) is 31.6. The third kappa shape index (κ3) is 5.84. The van der Waals surface area contributed by atoms with E-state index in [0.717, 1.165) is 17.5 Å². The largest absolute Gasteiger partial charge is 0.497 e. The van der Waals surface area contributed by atoms with E-state index in [2.05, 4.69) is 16.8 Å². The van der Waals surface area contributed by atoms with Crippen LogP contribution in [0.1, 0.15) is 34.5 Å². The first-order valence-corrected chi connectivity index (χ1v) is 12.0. The maximum Gasteiger partial charge on any atom is 0.308 e. The molecule has 1 aromatic carbocycles. The van der Waals surface area contributed by atoms with Gasteiger partial charge in [0.2, 0.25) is 0 Å². The fraction of sp³-hybridized carbons (Fsp3) is 0.346. The van der Waals surface area contributed by atoms with Crippen LogP contribution in [0, 0.1) is 34.6 Å². The van der Waals surface area contributed by atoms with E-state index in [1.807, 2.05) is 4.90 Å². The number of thiophene rings is 1. The summed E-state index contributed by atoms with van der Waals surface area (Å²) in [5.74, 6) is 3.49. The fourth-order valence-electron chi connectivity index (χ4n) is 4.46. The Kier molecular flexibility index (Phi) is 7.73. The predicted molar refractivity (Wildman–Crippen MR) is 129 cm³/mol. The number of halogens is 2. The van der Waals surface area contributed by atoms with Crippen LogP contribution in [0.2, 0.25) is 0 Å². The zero-order chi connectivity index (χ0) is 24.9. The van der Waals surface area contributed by atoms with E-state index in [9.17, 15) is 23.5 Å². The number of hydrogen-bond acceptors (Lipinski definition) is 6. The molecule has 0 saturated carbocycles. The Bertz CT molecular complexity index is 1310. The Labute approximate surface area is 205 Å². The van der Waals surface area contributed by atoms with Crippen molar-refractivity contribution in [2.24, 2.45) is 11.8 Å². The number of carbonyl (C=O) groups is 2. The number of ketones is 1. The number of carboxylic acid groups (broad SMARTS) is 1. The molecule has 0 bridgehead atoms. The molecule has 0 amide bonds. The number of aliphatic carboxylic acids is 1. The van der Waals surface area contributed by atoms with Crippen LogP contribution in [0.3, 0.4) is 0 Å². The summed E-state index contributed by atoms with van der Waals surface area (Å²) in [6, 6.07) is 7.91. The Morgan fingerprint density at radius 3 is 2.83 bits per heavy atom. The average molecular weight is 499 g/mol. The summed E-state index contributed by atoms with van der Waals surface area (Å²) in [5.41, 5.74) is 0.442. The minimum atomic E-state index is -0.925. The van der Waals surface area contributed by atoms with Gasteiger partial charge in [0.1, 0.15) is 5.75 Å². The second-order valence-electron chi connectivity index (χ2n) is 8.46. The Balaban J connectivity index is 1.41. The van der Waals surface area contributed by atoms with Crippen molar-refractivity contribution in [2.45, 2.75) is 19.3 Å². The van der Waals surface area contributed by atoms with Crippen molar-refractivity contribution < 1.29 is 28.2 Å². The van der Waals surface area contributed by atoms with Gasteiger partial charge in [-0.3, -0.25) is 19.5 Å². The predicted octanol–water partition coefficient (Wildman–Crippen LogP) is 4.62. The van der Waals surface area contributed by atoms with E-state index < -0.39 is 17.7 Å². The molecule has 0 spiro atoms. The smallest absolute Gasteiger partial charge is 0.308 e. The summed E-state index contributed by atoms with van der Waals surface area (Å²) in [5, 5.41) is 9.87. The number of benzene rings is 1. The van der Waals surface area contributed by atoms with E-state index in [4.69, 9.17) is 4.74 Å². The second kappa shape index (κ2) is 10.9. The van der Waals surface area contributed by atoms with Gasteiger partial charge in [-0.25, -0.2) is 4.39 Å². The van der Waals surface area contributed by atoms with E-state index >= 15 is 0 Å². The van der Waals surface area contributed by atoms with Gasteiger partial charge in [0.15, 0.2) is 16.7 Å². The van der Waals surface area contributed by atoms with Crippen molar-refractivity contribution >= 4 is 34.0 Å². The molecular formula is C26H24F2N2O4S. The first-order valence-electron chi connectivity index (χ1n) is 11.2. The zero-order valence-corrected chi connectivity index (χ0v) is 19.9. The van der Waals surface area contributed by atoms with Crippen molar-refractivity contribution in [2.75, 3.05) is 26.7 Å². The van der Waals surface area contributed by atoms with Gasteiger partial charge in [-0.1, -0.05) is 23.2 Å². The van der Waals surface area contributed by atoms with Gasteiger partial charge in [0.25, 0.3) is 0 Å². The Hall–Kier alpha value is -3.35. The standard InChI is InChI=1S/C26H24F2N2O4S/c1-34-17-5-7-22-19(13-17)25(21(27)14-29-22)23(31)8-4-16-10-12-30(15-20(16)26(32)33)11-2-3-18-6-9-24(28)35-18/h5-7,9,13-14,16,20H,4,8,10-12,15H2,1H3,(H,32,33). The molecule has 2 atom stereocenters. The lowest BCUT2D eigenvalue weighted by atomic mass is 9.81. The minimum absolute atomic E-state index is 0.0332. The molecule has 3 heterocycles. The third-order valence-electron chi connectivity index (χ3n) is 6.29. The first-order chi connectivity index (χ1) is 16.9. The lowest BCUT2D eigenvalue weighted by molar-refractivity contribution is -0.146. The number of piperidine rings is 1. The van der Waals surface area contributed by atoms with E-state index in [1.54, 1.807) is 24.3 Å². The highest BCUT2D eigenvalue weighted by atomic mass is 32.1. The number of ether oxygens (including phenoxy) is 1. The van der Waals surface area contributed by atoms with Gasteiger partial charge >= 0.3 is 5.97 Å². The van der Waals surface area contributed by atoms with Crippen molar-refractivity contribution in [3.63, 3.8) is 0 Å². The van der Waals surface area contributed by atoms with Gasteiger partial charge in [-0.15, -0.1) is 0 Å². The van der Waals surface area contributed by atoms with Crippen LogP contribution in [0.4, 0.5) is 8.78 Å². The van der Waals surface area contributed by atoms with Crippen LogP contribution in [0.15, 0.2) is 36.5 Å². The van der Waals surface area contributed by atoms with Gasteiger partial charge < -0.3 is 9.84 Å². The first kappa shape index (κ1) is 24.8. The molecule has 3 aromatic rings. The molecule has 0 aliphatic carbocycles. The van der Waals surface area contributed by atoms with E-state index in [0.29, 0.717) is 54.0 Å². The third-order valence-corrected chi connectivity index (χ3v) is 7.08. The Morgan fingerprint density at radius 1 is 1.29 bits per heavy atom. The lowest BCUT2D eigenvalue weighted by Gasteiger charge is -2.35. The number of aromatic nitrogens is 1. The van der Waals surface area contributed by atoms with Gasteiger partial charge in [0.05, 0.1) is 41.7 Å². The fourth-order valence-corrected chi connectivity index (χ4v) is 5.06. The molecule has 9 heteroatoms. The van der Waals surface area contributed by atoms with Crippen molar-refractivity contribution in [1.29, 1.82) is 0 Å². The zero-order valence-electron chi connectivity index (χ0n) is 19.1. The maximum atomic E-state index is 14.6. The van der Waals surface area contributed by atoms with Crippen molar-refractivity contribution in [1.82, 2.24) is 9.88 Å². The number of Topliss-reactive ketones (excluding diaryl/α,β-unsaturated/α-hetero) is 1. The normalized spacial score (nSPS) is 18.1. The Morgan fingerprint density at radius 2 is 2.11 bits per heavy atom. The number of nitrogens with zero attached hydrogens (tertiary/aromatic N) is 2. The second-order valence-corrected chi connectivity index (χ2v) is 9.49. The quantitative estimate of drug-likeness (QED) is 0.378. The van der Waals surface area contributed by atoms with Crippen molar-refractivity contribution in [3.8, 4) is 17.6 Å². The molecular weight excluding hydrogens is 474 g/mol. The maximum absolute atomic E-state index is 14.6. The molecule has 0 radical (unpaired) electrons. The number of likely N-dealkylation sites (tertiary alicyclic amines) is 1. The minimum Gasteiger partial charge on any atom is -0.497 e. The molecule has 4 rings (SSSR count). The number of fused-ring (bicyclic) bond motifs is 1. The average Bonchev–Trinajstić information content (AvgIpc) is 3.27. The van der Waals surface area contributed by atoms with E-state index in [1.165, 1.54) is 13.2 Å². The van der Waals surface area contributed by atoms with Crippen LogP contribution in [0.25, 0.3) is 10.9 Å². The molecule has 1 aliphatic rings. The van der Waals surface area contributed by atoms with Crippen molar-refractivity contribution in [3.05, 3.63) is 57.9 Å². The molecule has 35 heavy (non-hydrogen) atoms. The molecule has 6 nitrogen and oxygen atoms in total. The van der Waals surface area contributed by atoms with Gasteiger partial charge in [-0.2, -0.15) is 4.39 Å². The van der Waals surface area contributed by atoms with Crippen LogP contribution in [-0.2, 0) is 4.79 Å². The highest BCUT2D eigenvalue weighted by Gasteiger charge is 2.34. The molecule has 1 aliphatic heterocycles. The van der Waals surface area contributed by atoms with E-state index in [-0.39, 0.29) is 28.8 Å². The van der Waals surface area contributed by atoms with Gasteiger partial charge in [0, 0.05) is 18.4 Å². The topological polar surface area (TPSA) is 79.7 Å². The molecule has 1 saturated heterocycles. The summed E-state index contributed by atoms with van der Waals surface area (Å²) in [6.45, 7) is 1.33. The molecule has 1 N–H and O–H groups in total. The molecule has 1 fully saturated rings. The van der Waals surface area contributed by atoms with Crippen LogP contribution in [0.5, 0.6) is 5.75 Å². The number of rotatable bonds is 7.